The molecule has 3 aromatic rings. The second-order valence-electron chi connectivity index (χ2n) is 6.86. The molecule has 0 aliphatic carbocycles. The minimum absolute atomic E-state index is 0.175. The number of ether oxygens (including phenoxy) is 1. The van der Waals surface area contributed by atoms with E-state index in [-0.39, 0.29) is 4.90 Å². The van der Waals surface area contributed by atoms with E-state index in [0.29, 0.717) is 12.3 Å². The summed E-state index contributed by atoms with van der Waals surface area (Å²) in [7, 11) is -3.70. The van der Waals surface area contributed by atoms with E-state index < -0.39 is 10.0 Å². The van der Waals surface area contributed by atoms with Crippen molar-refractivity contribution in [3.8, 4) is 5.75 Å². The van der Waals surface area contributed by atoms with Gasteiger partial charge in [0.1, 0.15) is 12.4 Å². The lowest BCUT2D eigenvalue weighted by molar-refractivity contribution is 0.306. The molecule has 0 saturated heterocycles. The Hall–Kier alpha value is -3.38. The van der Waals surface area contributed by atoms with Crippen molar-refractivity contribution in [2.75, 3.05) is 0 Å². The number of hydrogen-bond donors (Lipinski definition) is 1. The minimum Gasteiger partial charge on any atom is -0.489 e. The van der Waals surface area contributed by atoms with Gasteiger partial charge >= 0.3 is 0 Å². The summed E-state index contributed by atoms with van der Waals surface area (Å²) in [5, 5.41) is 4.03. The molecule has 0 unspecified atom stereocenters. The molecular formula is C24H24N2O3S. The number of benzene rings is 3. The van der Waals surface area contributed by atoms with Crippen molar-refractivity contribution >= 4 is 21.8 Å². The number of hydrogen-bond acceptors (Lipinski definition) is 4. The summed E-state index contributed by atoms with van der Waals surface area (Å²) in [6.07, 6.45) is 1.80. The van der Waals surface area contributed by atoms with Crippen LogP contribution in [0.1, 0.15) is 29.2 Å². The van der Waals surface area contributed by atoms with Gasteiger partial charge in [-0.2, -0.15) is 18.4 Å². The van der Waals surface area contributed by atoms with E-state index in [4.69, 9.17) is 4.74 Å². The van der Waals surface area contributed by atoms with E-state index in [2.05, 4.69) is 16.5 Å². The smallest absolute Gasteiger partial charge is 0.276 e. The zero-order valence-corrected chi connectivity index (χ0v) is 17.8. The van der Waals surface area contributed by atoms with Crippen molar-refractivity contribution in [2.45, 2.75) is 25.3 Å². The molecule has 0 saturated carbocycles. The second kappa shape index (κ2) is 9.41. The molecule has 5 nitrogen and oxygen atoms in total. The fourth-order valence-electron chi connectivity index (χ4n) is 2.67. The summed E-state index contributed by atoms with van der Waals surface area (Å²) in [5.74, 6) is 0.722. The lowest BCUT2D eigenvalue weighted by atomic mass is 10.1. The standard InChI is InChI=1S/C24H24N2O3S/c1-4-20-7-9-21(10-8-20)17-29-23-13-11-22(12-14-23)19(3)25-26-30(27,28)24-15-5-18(2)6-16-24/h4-16,26H,1,17H2,2-3H3/b25-19+. The molecule has 154 valence electrons. The van der Waals surface area contributed by atoms with Crippen LogP contribution in [0.2, 0.25) is 0 Å². The summed E-state index contributed by atoms with van der Waals surface area (Å²) in [6.45, 7) is 7.85. The Morgan fingerprint density at radius 3 is 2.23 bits per heavy atom. The largest absolute Gasteiger partial charge is 0.489 e. The Kier molecular flexibility index (Phi) is 6.69. The third-order valence-electron chi connectivity index (χ3n) is 4.56. The van der Waals surface area contributed by atoms with Gasteiger partial charge < -0.3 is 4.74 Å². The van der Waals surface area contributed by atoms with Crippen molar-refractivity contribution in [2.24, 2.45) is 5.10 Å². The van der Waals surface area contributed by atoms with Crippen LogP contribution >= 0.6 is 0 Å². The maximum absolute atomic E-state index is 12.3. The van der Waals surface area contributed by atoms with Crippen molar-refractivity contribution in [1.82, 2.24) is 4.83 Å². The van der Waals surface area contributed by atoms with Gasteiger partial charge in [0.15, 0.2) is 0 Å². The van der Waals surface area contributed by atoms with Gasteiger partial charge in [-0.3, -0.25) is 0 Å². The first-order chi connectivity index (χ1) is 14.4. The normalized spacial score (nSPS) is 11.7. The summed E-state index contributed by atoms with van der Waals surface area (Å²) in [4.78, 5) is 2.46. The van der Waals surface area contributed by atoms with Crippen LogP contribution in [0.25, 0.3) is 6.08 Å². The number of aryl methyl sites for hydroxylation is 1. The van der Waals surface area contributed by atoms with Gasteiger partial charge in [-0.25, -0.2) is 0 Å². The van der Waals surface area contributed by atoms with E-state index in [1.54, 1.807) is 37.3 Å². The maximum Gasteiger partial charge on any atom is 0.276 e. The molecule has 0 aliphatic heterocycles. The predicted molar refractivity (Wildman–Crippen MR) is 121 cm³/mol. The third-order valence-corrected chi connectivity index (χ3v) is 5.78. The highest BCUT2D eigenvalue weighted by Crippen LogP contribution is 2.16. The Bertz CT molecular complexity index is 1130. The van der Waals surface area contributed by atoms with Crippen LogP contribution in [0.5, 0.6) is 5.75 Å². The van der Waals surface area contributed by atoms with Gasteiger partial charge in [-0.1, -0.05) is 54.6 Å². The van der Waals surface area contributed by atoms with Gasteiger partial charge in [-0.05, 0) is 66.9 Å². The van der Waals surface area contributed by atoms with Crippen LogP contribution in [0.3, 0.4) is 0 Å². The van der Waals surface area contributed by atoms with E-state index >= 15 is 0 Å². The highest BCUT2D eigenvalue weighted by Gasteiger charge is 2.12. The van der Waals surface area contributed by atoms with Gasteiger partial charge in [0.05, 0.1) is 10.6 Å². The topological polar surface area (TPSA) is 67.8 Å². The zero-order valence-electron chi connectivity index (χ0n) is 17.0. The average molecular weight is 421 g/mol. The number of sulfonamides is 1. The van der Waals surface area contributed by atoms with Gasteiger partial charge in [0.2, 0.25) is 0 Å². The van der Waals surface area contributed by atoms with Crippen LogP contribution in [-0.2, 0) is 16.6 Å². The zero-order chi connectivity index (χ0) is 21.6. The van der Waals surface area contributed by atoms with Crippen molar-refractivity contribution in [3.05, 3.63) is 102 Å². The average Bonchev–Trinajstić information content (AvgIpc) is 2.77. The molecule has 0 fully saturated rings. The summed E-state index contributed by atoms with van der Waals surface area (Å²) in [6, 6.07) is 21.9. The quantitative estimate of drug-likeness (QED) is 0.415. The van der Waals surface area contributed by atoms with Gasteiger partial charge in [0, 0.05) is 0 Å². The number of nitrogens with one attached hydrogen (secondary N) is 1. The molecular weight excluding hydrogens is 396 g/mol. The Morgan fingerprint density at radius 1 is 1.00 bits per heavy atom. The first-order valence-electron chi connectivity index (χ1n) is 9.45. The highest BCUT2D eigenvalue weighted by atomic mass is 32.2. The second-order valence-corrected chi connectivity index (χ2v) is 8.52. The van der Waals surface area contributed by atoms with E-state index in [1.807, 2.05) is 55.5 Å². The lowest BCUT2D eigenvalue weighted by Crippen LogP contribution is -2.19. The number of rotatable bonds is 8. The van der Waals surface area contributed by atoms with E-state index in [0.717, 1.165) is 28.0 Å². The molecule has 0 spiro atoms. The fraction of sp³-hybridized carbons (Fsp3) is 0.125. The molecule has 0 aromatic heterocycles. The monoisotopic (exact) mass is 420 g/mol. The molecule has 0 bridgehead atoms. The molecule has 30 heavy (non-hydrogen) atoms. The molecule has 6 heteroatoms. The molecule has 0 atom stereocenters. The fourth-order valence-corrected chi connectivity index (χ4v) is 3.53. The summed E-state index contributed by atoms with van der Waals surface area (Å²) < 4.78 is 30.5. The summed E-state index contributed by atoms with van der Waals surface area (Å²) >= 11 is 0. The highest BCUT2D eigenvalue weighted by molar-refractivity contribution is 7.89. The van der Waals surface area contributed by atoms with Crippen LogP contribution in [0, 0.1) is 6.92 Å². The van der Waals surface area contributed by atoms with Crippen molar-refractivity contribution < 1.29 is 13.2 Å². The van der Waals surface area contributed by atoms with Crippen molar-refractivity contribution in [3.63, 3.8) is 0 Å². The Balaban J connectivity index is 1.61. The Morgan fingerprint density at radius 2 is 1.63 bits per heavy atom. The first kappa shape index (κ1) is 21.3. The third kappa shape index (κ3) is 5.58. The van der Waals surface area contributed by atoms with Crippen LogP contribution < -0.4 is 9.57 Å². The minimum atomic E-state index is -3.70. The predicted octanol–water partition coefficient (Wildman–Crippen LogP) is 4.92. The van der Waals surface area contributed by atoms with Gasteiger partial charge in [-0.15, -0.1) is 0 Å². The molecule has 0 radical (unpaired) electrons. The first-order valence-corrected chi connectivity index (χ1v) is 10.9. The number of nitrogens with zero attached hydrogens (tertiary/aromatic N) is 1. The maximum atomic E-state index is 12.3. The molecule has 1 N–H and O–H groups in total. The van der Waals surface area contributed by atoms with Crippen molar-refractivity contribution in [1.29, 1.82) is 0 Å². The van der Waals surface area contributed by atoms with Crippen LogP contribution in [0.15, 0.2) is 89.4 Å². The van der Waals surface area contributed by atoms with Crippen LogP contribution in [-0.4, -0.2) is 14.1 Å². The number of hydrazone groups is 1. The molecule has 3 rings (SSSR count). The Labute approximate surface area is 177 Å². The van der Waals surface area contributed by atoms with Crippen LogP contribution in [0.4, 0.5) is 0 Å². The SMILES string of the molecule is C=Cc1ccc(COc2ccc(/C(C)=N/NS(=O)(=O)c3ccc(C)cc3)cc2)cc1. The molecule has 0 heterocycles. The molecule has 3 aromatic carbocycles. The van der Waals surface area contributed by atoms with E-state index in [9.17, 15) is 8.42 Å². The van der Waals surface area contributed by atoms with E-state index in [1.165, 1.54) is 0 Å². The summed E-state index contributed by atoms with van der Waals surface area (Å²) in [5.41, 5.74) is 4.47. The lowest BCUT2D eigenvalue weighted by Gasteiger charge is -2.08. The molecule has 0 aliphatic rings. The molecule has 0 amide bonds. The van der Waals surface area contributed by atoms with Gasteiger partial charge in [0.25, 0.3) is 10.0 Å².